The van der Waals surface area contributed by atoms with Gasteiger partial charge in [0.2, 0.25) is 0 Å². The number of pyridine rings is 1. The van der Waals surface area contributed by atoms with E-state index in [0.717, 1.165) is 5.69 Å². The van der Waals surface area contributed by atoms with E-state index in [1.54, 1.807) is 12.1 Å². The molecule has 0 saturated heterocycles. The lowest BCUT2D eigenvalue weighted by Gasteiger charge is -2.12. The lowest BCUT2D eigenvalue weighted by Crippen LogP contribution is -2.10. The second-order valence-electron chi connectivity index (χ2n) is 2.81. The number of hydrogen-bond acceptors (Lipinski definition) is 4. The largest absolute Gasteiger partial charge is 0.378 e. The number of aldehydes is 2. The van der Waals surface area contributed by atoms with Gasteiger partial charge in [-0.3, -0.25) is 9.59 Å². The Bertz CT molecular complexity index is 308. The van der Waals surface area contributed by atoms with Gasteiger partial charge in [-0.1, -0.05) is 0 Å². The van der Waals surface area contributed by atoms with E-state index in [1.165, 1.54) is 0 Å². The fourth-order valence-electron chi connectivity index (χ4n) is 0.937. The van der Waals surface area contributed by atoms with Crippen LogP contribution in [0, 0.1) is 0 Å². The molecule has 0 aromatic carbocycles. The van der Waals surface area contributed by atoms with Crippen molar-refractivity contribution in [2.75, 3.05) is 19.0 Å². The molecular formula is C9H10N2O2. The Morgan fingerprint density at radius 2 is 1.62 bits per heavy atom. The van der Waals surface area contributed by atoms with Crippen LogP contribution in [0.4, 0.5) is 5.69 Å². The Morgan fingerprint density at radius 3 is 1.92 bits per heavy atom. The average molecular weight is 178 g/mol. The second kappa shape index (κ2) is 3.80. The molecule has 0 spiro atoms. The molecule has 0 saturated carbocycles. The van der Waals surface area contributed by atoms with Crippen LogP contribution in [0.3, 0.4) is 0 Å². The van der Waals surface area contributed by atoms with Gasteiger partial charge in [0.25, 0.3) is 0 Å². The molecule has 0 amide bonds. The first kappa shape index (κ1) is 9.38. The van der Waals surface area contributed by atoms with Crippen LogP contribution in [0.2, 0.25) is 0 Å². The number of nitrogens with zero attached hydrogens (tertiary/aromatic N) is 2. The number of rotatable bonds is 3. The summed E-state index contributed by atoms with van der Waals surface area (Å²) in [6.45, 7) is 0. The van der Waals surface area contributed by atoms with E-state index in [4.69, 9.17) is 0 Å². The summed E-state index contributed by atoms with van der Waals surface area (Å²) in [6.07, 6.45) is 1.25. The highest BCUT2D eigenvalue weighted by atomic mass is 16.1. The minimum atomic E-state index is 0.272. The third kappa shape index (κ3) is 2.11. The number of anilines is 1. The van der Waals surface area contributed by atoms with Gasteiger partial charge in [0.05, 0.1) is 0 Å². The van der Waals surface area contributed by atoms with Crippen LogP contribution in [-0.4, -0.2) is 31.7 Å². The maximum atomic E-state index is 10.5. The molecule has 4 heteroatoms. The molecule has 0 aliphatic rings. The standard InChI is InChI=1S/C9H10N2O2/c1-11(2)9-3-7(5-12)10-8(4-9)6-13/h3-6H,1-2H3. The summed E-state index contributed by atoms with van der Waals surface area (Å²) in [5.74, 6) is 0. The van der Waals surface area contributed by atoms with Crippen molar-refractivity contribution in [3.05, 3.63) is 23.5 Å². The Balaban J connectivity index is 3.22. The van der Waals surface area contributed by atoms with E-state index in [9.17, 15) is 9.59 Å². The SMILES string of the molecule is CN(C)c1cc(C=O)nc(C=O)c1. The van der Waals surface area contributed by atoms with E-state index in [1.807, 2.05) is 19.0 Å². The highest BCUT2D eigenvalue weighted by Gasteiger charge is 2.02. The third-order valence-electron chi connectivity index (χ3n) is 1.61. The zero-order chi connectivity index (χ0) is 9.84. The molecule has 1 aromatic heterocycles. The molecule has 0 radical (unpaired) electrons. The van der Waals surface area contributed by atoms with E-state index < -0.39 is 0 Å². The van der Waals surface area contributed by atoms with Crippen molar-refractivity contribution in [2.24, 2.45) is 0 Å². The minimum Gasteiger partial charge on any atom is -0.378 e. The predicted octanol–water partition coefficient (Wildman–Crippen LogP) is 0.773. The van der Waals surface area contributed by atoms with Gasteiger partial charge in [-0.05, 0) is 12.1 Å². The van der Waals surface area contributed by atoms with Crippen LogP contribution >= 0.6 is 0 Å². The summed E-state index contributed by atoms with van der Waals surface area (Å²) < 4.78 is 0. The van der Waals surface area contributed by atoms with Gasteiger partial charge in [-0.25, -0.2) is 4.98 Å². The minimum absolute atomic E-state index is 0.272. The van der Waals surface area contributed by atoms with Gasteiger partial charge in [0, 0.05) is 19.8 Å². The number of carbonyl (C=O) groups is 2. The highest BCUT2D eigenvalue weighted by Crippen LogP contribution is 2.12. The van der Waals surface area contributed by atoms with Crippen LogP contribution in [0.1, 0.15) is 21.0 Å². The Kier molecular flexibility index (Phi) is 2.74. The van der Waals surface area contributed by atoms with Crippen molar-refractivity contribution >= 4 is 18.3 Å². The van der Waals surface area contributed by atoms with Gasteiger partial charge in [0.15, 0.2) is 12.6 Å². The summed E-state index contributed by atoms with van der Waals surface area (Å²) in [7, 11) is 3.66. The van der Waals surface area contributed by atoms with Crippen LogP contribution in [-0.2, 0) is 0 Å². The maximum Gasteiger partial charge on any atom is 0.168 e. The molecule has 0 bridgehead atoms. The van der Waals surface area contributed by atoms with E-state index >= 15 is 0 Å². The van der Waals surface area contributed by atoms with Crippen molar-refractivity contribution in [3.63, 3.8) is 0 Å². The first-order valence-corrected chi connectivity index (χ1v) is 3.77. The molecule has 0 atom stereocenters. The zero-order valence-electron chi connectivity index (χ0n) is 7.52. The molecule has 0 aliphatic carbocycles. The average Bonchev–Trinajstić information content (AvgIpc) is 2.16. The van der Waals surface area contributed by atoms with Crippen molar-refractivity contribution in [1.29, 1.82) is 0 Å². The predicted molar refractivity (Wildman–Crippen MR) is 49.3 cm³/mol. The van der Waals surface area contributed by atoms with E-state index in [0.29, 0.717) is 12.6 Å². The molecule has 1 rings (SSSR count). The summed E-state index contributed by atoms with van der Waals surface area (Å²) in [4.78, 5) is 26.5. The number of hydrogen-bond donors (Lipinski definition) is 0. The van der Waals surface area contributed by atoms with Gasteiger partial charge in [0.1, 0.15) is 11.4 Å². The molecule has 68 valence electrons. The third-order valence-corrected chi connectivity index (χ3v) is 1.61. The molecule has 0 unspecified atom stereocenters. The van der Waals surface area contributed by atoms with E-state index in [-0.39, 0.29) is 11.4 Å². The fourth-order valence-corrected chi connectivity index (χ4v) is 0.937. The fraction of sp³-hybridized carbons (Fsp3) is 0.222. The first-order chi connectivity index (χ1) is 6.17. The quantitative estimate of drug-likeness (QED) is 0.641. The molecule has 1 heterocycles. The lowest BCUT2D eigenvalue weighted by atomic mass is 10.2. The normalized spacial score (nSPS) is 9.38. The summed E-state index contributed by atoms with van der Waals surface area (Å²) in [6, 6.07) is 3.25. The smallest absolute Gasteiger partial charge is 0.168 e. The van der Waals surface area contributed by atoms with Crippen molar-refractivity contribution in [1.82, 2.24) is 4.98 Å². The van der Waals surface area contributed by atoms with Crippen molar-refractivity contribution < 1.29 is 9.59 Å². The Morgan fingerprint density at radius 1 is 1.15 bits per heavy atom. The maximum absolute atomic E-state index is 10.5. The summed E-state index contributed by atoms with van der Waals surface area (Å²) in [5.41, 5.74) is 1.33. The van der Waals surface area contributed by atoms with Crippen molar-refractivity contribution in [2.45, 2.75) is 0 Å². The van der Waals surface area contributed by atoms with Crippen LogP contribution in [0.25, 0.3) is 0 Å². The topological polar surface area (TPSA) is 50.3 Å². The summed E-state index contributed by atoms with van der Waals surface area (Å²) in [5, 5.41) is 0. The van der Waals surface area contributed by atoms with Gasteiger partial charge >= 0.3 is 0 Å². The number of carbonyl (C=O) groups excluding carboxylic acids is 2. The molecule has 0 fully saturated rings. The Labute approximate surface area is 76.2 Å². The molecule has 13 heavy (non-hydrogen) atoms. The first-order valence-electron chi connectivity index (χ1n) is 3.77. The molecule has 1 aromatic rings. The van der Waals surface area contributed by atoms with E-state index in [2.05, 4.69) is 4.98 Å². The zero-order valence-corrected chi connectivity index (χ0v) is 7.52. The Hall–Kier alpha value is -1.71. The molecular weight excluding hydrogens is 168 g/mol. The van der Waals surface area contributed by atoms with Gasteiger partial charge in [-0.2, -0.15) is 0 Å². The molecule has 4 nitrogen and oxygen atoms in total. The molecule has 0 N–H and O–H groups in total. The second-order valence-corrected chi connectivity index (χ2v) is 2.81. The van der Waals surface area contributed by atoms with Crippen LogP contribution in [0.15, 0.2) is 12.1 Å². The van der Waals surface area contributed by atoms with Gasteiger partial charge < -0.3 is 4.90 Å². The lowest BCUT2D eigenvalue weighted by molar-refractivity contribution is 0.111. The number of aromatic nitrogens is 1. The van der Waals surface area contributed by atoms with Crippen molar-refractivity contribution in [3.8, 4) is 0 Å². The van der Waals surface area contributed by atoms with Crippen LogP contribution < -0.4 is 4.90 Å². The summed E-state index contributed by atoms with van der Waals surface area (Å²) >= 11 is 0. The highest BCUT2D eigenvalue weighted by molar-refractivity contribution is 5.80. The molecule has 0 aliphatic heterocycles. The monoisotopic (exact) mass is 178 g/mol. The van der Waals surface area contributed by atoms with Crippen LogP contribution in [0.5, 0.6) is 0 Å². The van der Waals surface area contributed by atoms with Gasteiger partial charge in [-0.15, -0.1) is 0 Å².